The van der Waals surface area contributed by atoms with Crippen molar-refractivity contribution in [1.82, 2.24) is 11.1 Å². The summed E-state index contributed by atoms with van der Waals surface area (Å²) in [6.45, 7) is 6.15. The van der Waals surface area contributed by atoms with Crippen molar-refractivity contribution < 1.29 is 4.79 Å². The standard InChI is InChI=1S/C12H21NO.H3N/c1-6-8-9-12(14)13(5)11(7-2)10(3)4;/h2,10-11H,6,8-9H2,1,3-5H3;1H3. The van der Waals surface area contributed by atoms with E-state index in [9.17, 15) is 4.79 Å². The van der Waals surface area contributed by atoms with E-state index in [0.717, 1.165) is 12.8 Å². The van der Waals surface area contributed by atoms with Gasteiger partial charge in [-0.25, -0.2) is 0 Å². The van der Waals surface area contributed by atoms with Gasteiger partial charge >= 0.3 is 0 Å². The Balaban J connectivity index is 0. The second-order valence-corrected chi connectivity index (χ2v) is 3.96. The van der Waals surface area contributed by atoms with Crippen LogP contribution in [0.25, 0.3) is 0 Å². The highest BCUT2D eigenvalue weighted by Crippen LogP contribution is 2.10. The smallest absolute Gasteiger partial charge is 0.223 e. The molecule has 3 N–H and O–H groups in total. The van der Waals surface area contributed by atoms with Crippen LogP contribution in [-0.2, 0) is 4.79 Å². The Bertz CT molecular complexity index is 218. The van der Waals surface area contributed by atoms with Gasteiger partial charge in [0.05, 0.1) is 6.04 Å². The summed E-state index contributed by atoms with van der Waals surface area (Å²) >= 11 is 0. The van der Waals surface area contributed by atoms with Crippen LogP contribution < -0.4 is 6.15 Å². The molecule has 0 fully saturated rings. The topological polar surface area (TPSA) is 55.3 Å². The van der Waals surface area contributed by atoms with Gasteiger partial charge in [-0.05, 0) is 12.3 Å². The van der Waals surface area contributed by atoms with Crippen LogP contribution in [-0.4, -0.2) is 23.9 Å². The Morgan fingerprint density at radius 2 is 2.00 bits per heavy atom. The third-order valence-electron chi connectivity index (χ3n) is 2.36. The molecular formula is C12H24N2O. The number of unbranched alkanes of at least 4 members (excludes halogenated alkanes) is 1. The van der Waals surface area contributed by atoms with Gasteiger partial charge in [0.15, 0.2) is 0 Å². The van der Waals surface area contributed by atoms with Crippen LogP contribution in [0.4, 0.5) is 0 Å². The first-order valence-corrected chi connectivity index (χ1v) is 5.26. The molecule has 0 aromatic carbocycles. The van der Waals surface area contributed by atoms with Crippen LogP contribution in [0.15, 0.2) is 0 Å². The van der Waals surface area contributed by atoms with Gasteiger partial charge in [-0.15, -0.1) is 6.42 Å². The summed E-state index contributed by atoms with van der Waals surface area (Å²) in [5.41, 5.74) is 0. The van der Waals surface area contributed by atoms with Gasteiger partial charge in [-0.3, -0.25) is 4.79 Å². The Morgan fingerprint density at radius 1 is 1.47 bits per heavy atom. The van der Waals surface area contributed by atoms with E-state index in [1.54, 1.807) is 11.9 Å². The first-order chi connectivity index (χ1) is 6.54. The van der Waals surface area contributed by atoms with Gasteiger partial charge in [0.2, 0.25) is 5.91 Å². The predicted octanol–water partition coefficient (Wildman–Crippen LogP) is 2.45. The SMILES string of the molecule is C#CC(C(C)C)N(C)C(=O)CCCC.N. The highest BCUT2D eigenvalue weighted by Gasteiger charge is 2.19. The molecule has 1 atom stereocenters. The van der Waals surface area contributed by atoms with Crippen LogP contribution in [0, 0.1) is 18.3 Å². The Kier molecular flexibility index (Phi) is 9.10. The van der Waals surface area contributed by atoms with Crippen molar-refractivity contribution in [1.29, 1.82) is 0 Å². The van der Waals surface area contributed by atoms with Crippen molar-refractivity contribution in [2.45, 2.75) is 46.1 Å². The maximum absolute atomic E-state index is 11.6. The quantitative estimate of drug-likeness (QED) is 0.712. The van der Waals surface area contributed by atoms with Gasteiger partial charge < -0.3 is 11.1 Å². The zero-order valence-corrected chi connectivity index (χ0v) is 10.4. The molecule has 0 aliphatic carbocycles. The van der Waals surface area contributed by atoms with E-state index < -0.39 is 0 Å². The number of carbonyl (C=O) groups excluding carboxylic acids is 1. The maximum atomic E-state index is 11.6. The highest BCUT2D eigenvalue weighted by atomic mass is 16.2. The number of hydrogen-bond acceptors (Lipinski definition) is 2. The lowest BCUT2D eigenvalue weighted by atomic mass is 10.0. The Morgan fingerprint density at radius 3 is 2.33 bits per heavy atom. The van der Waals surface area contributed by atoms with Crippen LogP contribution in [0.5, 0.6) is 0 Å². The number of carbonyl (C=O) groups is 1. The summed E-state index contributed by atoms with van der Waals surface area (Å²) < 4.78 is 0. The average molecular weight is 212 g/mol. The molecule has 0 saturated carbocycles. The molecule has 0 bridgehead atoms. The van der Waals surface area contributed by atoms with E-state index in [0.29, 0.717) is 12.3 Å². The fourth-order valence-corrected chi connectivity index (χ4v) is 1.41. The summed E-state index contributed by atoms with van der Waals surface area (Å²) in [6, 6.07) is -0.0700. The second kappa shape index (κ2) is 8.31. The van der Waals surface area contributed by atoms with Crippen molar-refractivity contribution >= 4 is 5.91 Å². The van der Waals surface area contributed by atoms with Crippen LogP contribution in [0.3, 0.4) is 0 Å². The lowest BCUT2D eigenvalue weighted by Gasteiger charge is -2.27. The first-order valence-electron chi connectivity index (χ1n) is 5.26. The summed E-state index contributed by atoms with van der Waals surface area (Å²) in [6.07, 6.45) is 7.99. The van der Waals surface area contributed by atoms with Crippen molar-refractivity contribution in [2.24, 2.45) is 5.92 Å². The molecule has 0 heterocycles. The molecule has 1 amide bonds. The molecule has 88 valence electrons. The van der Waals surface area contributed by atoms with E-state index in [1.807, 2.05) is 13.8 Å². The van der Waals surface area contributed by atoms with Crippen molar-refractivity contribution in [3.63, 3.8) is 0 Å². The molecule has 3 nitrogen and oxygen atoms in total. The molecule has 15 heavy (non-hydrogen) atoms. The summed E-state index contributed by atoms with van der Waals surface area (Å²) in [5.74, 6) is 3.14. The summed E-state index contributed by atoms with van der Waals surface area (Å²) in [4.78, 5) is 13.3. The molecule has 0 radical (unpaired) electrons. The van der Waals surface area contributed by atoms with Crippen LogP contribution in [0.1, 0.15) is 40.0 Å². The minimum absolute atomic E-state index is 0. The molecule has 0 aliphatic heterocycles. The third kappa shape index (κ3) is 5.44. The Hall–Kier alpha value is -1.01. The molecule has 0 rings (SSSR count). The van der Waals surface area contributed by atoms with Gasteiger partial charge in [-0.2, -0.15) is 0 Å². The zero-order chi connectivity index (χ0) is 11.1. The molecule has 0 aliphatic rings. The molecule has 0 aromatic rings. The van der Waals surface area contributed by atoms with E-state index in [1.165, 1.54) is 0 Å². The molecule has 0 aromatic heterocycles. The fraction of sp³-hybridized carbons (Fsp3) is 0.750. The Labute approximate surface area is 93.8 Å². The molecular weight excluding hydrogens is 188 g/mol. The number of hydrogen-bond donors (Lipinski definition) is 1. The lowest BCUT2D eigenvalue weighted by Crippen LogP contribution is -2.39. The largest absolute Gasteiger partial charge is 0.344 e. The average Bonchev–Trinajstić information content (AvgIpc) is 2.14. The minimum atomic E-state index is -0.0700. The number of amides is 1. The maximum Gasteiger partial charge on any atom is 0.223 e. The van der Waals surface area contributed by atoms with Gasteiger partial charge in [0.1, 0.15) is 0 Å². The van der Waals surface area contributed by atoms with E-state index in [-0.39, 0.29) is 18.1 Å². The van der Waals surface area contributed by atoms with Gasteiger partial charge in [0, 0.05) is 13.5 Å². The third-order valence-corrected chi connectivity index (χ3v) is 2.36. The number of terminal acetylenes is 1. The number of rotatable bonds is 5. The monoisotopic (exact) mass is 212 g/mol. The van der Waals surface area contributed by atoms with E-state index >= 15 is 0 Å². The van der Waals surface area contributed by atoms with Gasteiger partial charge in [-0.1, -0.05) is 33.1 Å². The predicted molar refractivity (Wildman–Crippen MR) is 64.8 cm³/mol. The van der Waals surface area contributed by atoms with Gasteiger partial charge in [0.25, 0.3) is 0 Å². The van der Waals surface area contributed by atoms with Crippen molar-refractivity contribution in [3.05, 3.63) is 0 Å². The zero-order valence-electron chi connectivity index (χ0n) is 10.4. The van der Waals surface area contributed by atoms with Crippen molar-refractivity contribution in [2.75, 3.05) is 7.05 Å². The fourth-order valence-electron chi connectivity index (χ4n) is 1.41. The second-order valence-electron chi connectivity index (χ2n) is 3.96. The highest BCUT2D eigenvalue weighted by molar-refractivity contribution is 5.76. The lowest BCUT2D eigenvalue weighted by molar-refractivity contribution is -0.131. The number of nitrogens with zero attached hydrogens (tertiary/aromatic N) is 1. The van der Waals surface area contributed by atoms with Crippen LogP contribution >= 0.6 is 0 Å². The first kappa shape index (κ1) is 16.4. The summed E-state index contributed by atoms with van der Waals surface area (Å²) in [7, 11) is 1.79. The molecule has 3 heteroatoms. The van der Waals surface area contributed by atoms with E-state index in [4.69, 9.17) is 6.42 Å². The molecule has 0 spiro atoms. The molecule has 1 unspecified atom stereocenters. The summed E-state index contributed by atoms with van der Waals surface area (Å²) in [5, 5.41) is 0. The van der Waals surface area contributed by atoms with E-state index in [2.05, 4.69) is 12.8 Å². The molecule has 0 saturated heterocycles. The van der Waals surface area contributed by atoms with Crippen molar-refractivity contribution in [3.8, 4) is 12.3 Å². The minimum Gasteiger partial charge on any atom is -0.344 e. The van der Waals surface area contributed by atoms with Crippen LogP contribution in [0.2, 0.25) is 0 Å². The normalized spacial score (nSPS) is 11.5.